The fraction of sp³-hybridized carbons (Fsp3) is 0.667. The molecule has 12 heavy (non-hydrogen) atoms. The summed E-state index contributed by atoms with van der Waals surface area (Å²) in [6, 6.07) is 0. The SMILES string of the molecule is NC12CCC=C[C@@H](CC1)OC2=O. The van der Waals surface area contributed by atoms with E-state index < -0.39 is 5.54 Å². The number of ether oxygens (including phenoxy) is 1. The molecule has 1 fully saturated rings. The quantitative estimate of drug-likeness (QED) is 0.427. The van der Waals surface area contributed by atoms with Crippen LogP contribution in [-0.4, -0.2) is 17.6 Å². The summed E-state index contributed by atoms with van der Waals surface area (Å²) >= 11 is 0. The van der Waals surface area contributed by atoms with Crippen LogP contribution in [0.4, 0.5) is 0 Å². The Labute approximate surface area is 71.6 Å². The zero-order chi connectivity index (χ0) is 8.60. The van der Waals surface area contributed by atoms with Gasteiger partial charge < -0.3 is 10.5 Å². The van der Waals surface area contributed by atoms with Gasteiger partial charge in [-0.1, -0.05) is 6.08 Å². The third-order valence-electron chi connectivity index (χ3n) is 2.65. The summed E-state index contributed by atoms with van der Waals surface area (Å²) in [5.41, 5.74) is 5.21. The van der Waals surface area contributed by atoms with Gasteiger partial charge in [0.05, 0.1) is 0 Å². The molecule has 66 valence electrons. The van der Waals surface area contributed by atoms with E-state index in [-0.39, 0.29) is 12.1 Å². The first-order valence-corrected chi connectivity index (χ1v) is 4.37. The van der Waals surface area contributed by atoms with E-state index in [9.17, 15) is 4.79 Å². The molecule has 2 N–H and O–H groups in total. The Balaban J connectivity index is 2.27. The van der Waals surface area contributed by atoms with Crippen LogP contribution in [0.5, 0.6) is 0 Å². The van der Waals surface area contributed by atoms with Crippen LogP contribution in [0.15, 0.2) is 12.2 Å². The average molecular weight is 167 g/mol. The Kier molecular flexibility index (Phi) is 1.68. The molecule has 0 aromatic rings. The van der Waals surface area contributed by atoms with Crippen molar-refractivity contribution in [2.45, 2.75) is 37.3 Å². The summed E-state index contributed by atoms with van der Waals surface area (Å²) in [5, 5.41) is 0. The van der Waals surface area contributed by atoms with E-state index in [4.69, 9.17) is 10.5 Å². The number of allylic oxidation sites excluding steroid dienone is 1. The summed E-state index contributed by atoms with van der Waals surface area (Å²) in [6.45, 7) is 0. The number of hydrogen-bond acceptors (Lipinski definition) is 3. The second kappa shape index (κ2) is 2.59. The predicted octanol–water partition coefficient (Wildman–Crippen LogP) is 0.739. The lowest BCUT2D eigenvalue weighted by Crippen LogP contribution is -2.54. The molecule has 1 saturated heterocycles. The zero-order valence-corrected chi connectivity index (χ0v) is 6.95. The van der Waals surface area contributed by atoms with Gasteiger partial charge in [0.25, 0.3) is 0 Å². The van der Waals surface area contributed by atoms with Gasteiger partial charge >= 0.3 is 5.97 Å². The minimum Gasteiger partial charge on any atom is -0.457 e. The highest BCUT2D eigenvalue weighted by Gasteiger charge is 2.41. The second-order valence-corrected chi connectivity index (χ2v) is 3.61. The monoisotopic (exact) mass is 167 g/mol. The van der Waals surface area contributed by atoms with Crippen LogP contribution in [-0.2, 0) is 9.53 Å². The molecule has 1 unspecified atom stereocenters. The van der Waals surface area contributed by atoms with Gasteiger partial charge in [-0.05, 0) is 31.8 Å². The summed E-state index contributed by atoms with van der Waals surface area (Å²) in [4.78, 5) is 11.4. The van der Waals surface area contributed by atoms with Crippen molar-refractivity contribution < 1.29 is 9.53 Å². The normalized spacial score (nSPS) is 40.4. The van der Waals surface area contributed by atoms with Crippen LogP contribution >= 0.6 is 0 Å². The van der Waals surface area contributed by atoms with E-state index >= 15 is 0 Å². The highest BCUT2D eigenvalue weighted by Crippen LogP contribution is 2.29. The first-order valence-electron chi connectivity index (χ1n) is 4.37. The maximum absolute atomic E-state index is 11.4. The van der Waals surface area contributed by atoms with Crippen molar-refractivity contribution in [1.29, 1.82) is 0 Å². The molecule has 2 heterocycles. The summed E-state index contributed by atoms with van der Waals surface area (Å²) in [7, 11) is 0. The lowest BCUT2D eigenvalue weighted by Gasteiger charge is -2.35. The molecular weight excluding hydrogens is 154 g/mol. The molecule has 2 atom stereocenters. The molecule has 3 heteroatoms. The highest BCUT2D eigenvalue weighted by molar-refractivity contribution is 5.81. The molecule has 3 aliphatic rings. The lowest BCUT2D eigenvalue weighted by atomic mass is 9.84. The molecule has 0 spiro atoms. The topological polar surface area (TPSA) is 52.3 Å². The maximum atomic E-state index is 11.4. The van der Waals surface area contributed by atoms with Crippen LogP contribution < -0.4 is 5.73 Å². The van der Waals surface area contributed by atoms with E-state index in [0.717, 1.165) is 25.7 Å². The molecule has 0 radical (unpaired) electrons. The number of hydrogen-bond donors (Lipinski definition) is 1. The highest BCUT2D eigenvalue weighted by atomic mass is 16.5. The Morgan fingerprint density at radius 3 is 3.17 bits per heavy atom. The van der Waals surface area contributed by atoms with Gasteiger partial charge in [-0.2, -0.15) is 0 Å². The van der Waals surface area contributed by atoms with E-state index in [1.165, 1.54) is 0 Å². The van der Waals surface area contributed by atoms with Crippen LogP contribution in [0.1, 0.15) is 25.7 Å². The van der Waals surface area contributed by atoms with E-state index in [1.54, 1.807) is 0 Å². The van der Waals surface area contributed by atoms with Crippen molar-refractivity contribution in [3.05, 3.63) is 12.2 Å². The first kappa shape index (κ1) is 7.80. The van der Waals surface area contributed by atoms with E-state index in [2.05, 4.69) is 6.08 Å². The number of esters is 1. The van der Waals surface area contributed by atoms with Crippen LogP contribution in [0.2, 0.25) is 0 Å². The lowest BCUT2D eigenvalue weighted by molar-refractivity contribution is -0.160. The molecule has 2 bridgehead atoms. The molecule has 1 aliphatic carbocycles. The minimum absolute atomic E-state index is 0.0190. The van der Waals surface area contributed by atoms with Crippen molar-refractivity contribution in [3.8, 4) is 0 Å². The van der Waals surface area contributed by atoms with Gasteiger partial charge in [0.1, 0.15) is 11.6 Å². The number of nitrogens with two attached hydrogens (primary N) is 1. The van der Waals surface area contributed by atoms with Gasteiger partial charge in [-0.3, -0.25) is 4.79 Å². The average Bonchev–Trinajstić information content (AvgIpc) is 2.01. The Morgan fingerprint density at radius 2 is 2.42 bits per heavy atom. The smallest absolute Gasteiger partial charge is 0.326 e. The molecule has 3 rings (SSSR count). The van der Waals surface area contributed by atoms with E-state index in [0.29, 0.717) is 0 Å². The van der Waals surface area contributed by atoms with Crippen LogP contribution in [0.25, 0.3) is 0 Å². The maximum Gasteiger partial charge on any atom is 0.326 e. The largest absolute Gasteiger partial charge is 0.457 e. The summed E-state index contributed by atoms with van der Waals surface area (Å²) < 4.78 is 5.14. The van der Waals surface area contributed by atoms with Crippen molar-refractivity contribution in [1.82, 2.24) is 0 Å². The van der Waals surface area contributed by atoms with Crippen LogP contribution in [0.3, 0.4) is 0 Å². The summed E-state index contributed by atoms with van der Waals surface area (Å²) in [5.74, 6) is -0.219. The van der Waals surface area contributed by atoms with Gasteiger partial charge in [0, 0.05) is 0 Å². The first-order chi connectivity index (χ1) is 5.71. The molecule has 0 saturated carbocycles. The van der Waals surface area contributed by atoms with Gasteiger partial charge in [0.15, 0.2) is 0 Å². The second-order valence-electron chi connectivity index (χ2n) is 3.61. The zero-order valence-electron chi connectivity index (χ0n) is 6.95. The van der Waals surface area contributed by atoms with Crippen molar-refractivity contribution in [2.75, 3.05) is 0 Å². The third kappa shape index (κ3) is 1.14. The molecule has 0 aromatic carbocycles. The van der Waals surface area contributed by atoms with Crippen molar-refractivity contribution in [3.63, 3.8) is 0 Å². The Bertz CT molecular complexity index is 237. The number of carbonyl (C=O) groups is 1. The number of rotatable bonds is 0. The van der Waals surface area contributed by atoms with Gasteiger partial charge in [0.2, 0.25) is 0 Å². The minimum atomic E-state index is -0.693. The van der Waals surface area contributed by atoms with Crippen LogP contribution in [0, 0.1) is 0 Å². The van der Waals surface area contributed by atoms with Crippen molar-refractivity contribution in [2.24, 2.45) is 5.73 Å². The van der Waals surface area contributed by atoms with Crippen molar-refractivity contribution >= 4 is 5.97 Å². The van der Waals surface area contributed by atoms with Gasteiger partial charge in [-0.15, -0.1) is 0 Å². The molecule has 0 amide bonds. The number of fused-ring (bicyclic) bond motifs is 4. The molecule has 0 aromatic heterocycles. The fourth-order valence-electron chi connectivity index (χ4n) is 1.77. The van der Waals surface area contributed by atoms with Gasteiger partial charge in [-0.25, -0.2) is 0 Å². The molecular formula is C9H13NO2. The Morgan fingerprint density at radius 1 is 1.58 bits per heavy atom. The Hall–Kier alpha value is -0.830. The standard InChI is InChI=1S/C9H13NO2/c10-9-5-2-1-3-7(4-6-9)12-8(9)11/h1,3,7H,2,4-6,10H2/t7-,9?/m0/s1. The fourth-order valence-corrected chi connectivity index (χ4v) is 1.77. The third-order valence-corrected chi connectivity index (χ3v) is 2.65. The summed E-state index contributed by atoms with van der Waals surface area (Å²) in [6.07, 6.45) is 7.25. The number of carbonyl (C=O) groups excluding carboxylic acids is 1. The van der Waals surface area contributed by atoms with E-state index in [1.807, 2.05) is 6.08 Å². The molecule has 3 nitrogen and oxygen atoms in total. The predicted molar refractivity (Wildman–Crippen MR) is 44.4 cm³/mol. The molecule has 2 aliphatic heterocycles.